The Labute approximate surface area is 116 Å². The van der Waals surface area contributed by atoms with Crippen molar-refractivity contribution in [2.75, 3.05) is 31.6 Å². The molecule has 0 unspecified atom stereocenters. The number of anilines is 1. The summed E-state index contributed by atoms with van der Waals surface area (Å²) in [4.78, 5) is 12.4. The molecule has 20 heavy (non-hydrogen) atoms. The van der Waals surface area contributed by atoms with Crippen LogP contribution in [0.25, 0.3) is 0 Å². The molecule has 1 aliphatic rings. The minimum absolute atomic E-state index is 0.0497. The number of rotatable bonds is 2. The highest BCUT2D eigenvalue weighted by molar-refractivity contribution is 5.40. The molecule has 3 heterocycles. The number of hydrogen-bond acceptors (Lipinski definition) is 6. The van der Waals surface area contributed by atoms with Crippen LogP contribution >= 0.6 is 0 Å². The number of likely N-dealkylation sites (N-methyl/N-ethyl adjacent to an activating group) is 1. The van der Waals surface area contributed by atoms with Crippen LogP contribution < -0.4 is 4.90 Å². The molecule has 7 heteroatoms. The van der Waals surface area contributed by atoms with Crippen LogP contribution in [0.15, 0.2) is 22.9 Å². The summed E-state index contributed by atoms with van der Waals surface area (Å²) < 4.78 is 19.1. The summed E-state index contributed by atoms with van der Waals surface area (Å²) >= 11 is 0. The first-order valence-corrected chi connectivity index (χ1v) is 6.51. The number of pyridine rings is 1. The van der Waals surface area contributed by atoms with Gasteiger partial charge < -0.3 is 9.42 Å². The van der Waals surface area contributed by atoms with Gasteiger partial charge in [0.1, 0.15) is 6.04 Å². The van der Waals surface area contributed by atoms with Crippen molar-refractivity contribution in [3.63, 3.8) is 0 Å². The number of hydrogen-bond donors (Lipinski definition) is 0. The van der Waals surface area contributed by atoms with Crippen LogP contribution in [0.4, 0.5) is 10.2 Å². The van der Waals surface area contributed by atoms with Gasteiger partial charge in [0.05, 0.1) is 0 Å². The van der Waals surface area contributed by atoms with Gasteiger partial charge in [-0.2, -0.15) is 4.98 Å². The highest BCUT2D eigenvalue weighted by Crippen LogP contribution is 2.26. The van der Waals surface area contributed by atoms with E-state index in [1.165, 1.54) is 6.07 Å². The molecule has 106 valence electrons. The van der Waals surface area contributed by atoms with Gasteiger partial charge in [-0.05, 0) is 26.1 Å². The zero-order valence-electron chi connectivity index (χ0n) is 11.5. The molecular formula is C13H16FN5O. The van der Waals surface area contributed by atoms with Gasteiger partial charge in [0.2, 0.25) is 5.89 Å². The van der Waals surface area contributed by atoms with Crippen LogP contribution in [0.5, 0.6) is 0 Å². The maximum absolute atomic E-state index is 13.8. The van der Waals surface area contributed by atoms with E-state index in [9.17, 15) is 4.39 Å². The van der Waals surface area contributed by atoms with Gasteiger partial charge in [0.25, 0.3) is 0 Å². The Morgan fingerprint density at radius 2 is 2.25 bits per heavy atom. The van der Waals surface area contributed by atoms with Gasteiger partial charge in [-0.25, -0.2) is 9.37 Å². The van der Waals surface area contributed by atoms with Gasteiger partial charge in [0, 0.05) is 25.8 Å². The lowest BCUT2D eigenvalue weighted by Gasteiger charge is -2.38. The Bertz CT molecular complexity index is 602. The SMILES string of the molecule is Cc1noc([C@H]2CN(c3ncccc3F)CCN2C)n1. The van der Waals surface area contributed by atoms with Gasteiger partial charge >= 0.3 is 0 Å². The molecule has 1 fully saturated rings. The lowest BCUT2D eigenvalue weighted by atomic mass is 10.1. The molecule has 1 atom stereocenters. The monoisotopic (exact) mass is 277 g/mol. The number of aryl methyl sites for hydroxylation is 1. The second-order valence-corrected chi connectivity index (χ2v) is 4.93. The van der Waals surface area contributed by atoms with Crippen LogP contribution in [0.1, 0.15) is 17.8 Å². The molecule has 2 aromatic heterocycles. The first-order valence-electron chi connectivity index (χ1n) is 6.51. The minimum atomic E-state index is -0.308. The van der Waals surface area contributed by atoms with Crippen LogP contribution in [0.3, 0.4) is 0 Å². The smallest absolute Gasteiger partial charge is 0.245 e. The third-order valence-electron chi connectivity index (χ3n) is 3.51. The van der Waals surface area contributed by atoms with Gasteiger partial charge in [-0.15, -0.1) is 0 Å². The molecule has 0 amide bonds. The molecule has 0 spiro atoms. The summed E-state index contributed by atoms with van der Waals surface area (Å²) in [6.45, 7) is 3.86. The number of piperazine rings is 1. The van der Waals surface area contributed by atoms with E-state index >= 15 is 0 Å². The summed E-state index contributed by atoms with van der Waals surface area (Å²) in [5.74, 6) is 1.24. The first-order chi connectivity index (χ1) is 9.65. The Hall–Kier alpha value is -2.02. The van der Waals surface area contributed by atoms with E-state index in [1.807, 2.05) is 11.9 Å². The van der Waals surface area contributed by atoms with E-state index < -0.39 is 0 Å². The summed E-state index contributed by atoms with van der Waals surface area (Å²) in [6.07, 6.45) is 1.60. The van der Waals surface area contributed by atoms with Crippen molar-refractivity contribution in [2.45, 2.75) is 13.0 Å². The van der Waals surface area contributed by atoms with Crippen LogP contribution in [-0.2, 0) is 0 Å². The van der Waals surface area contributed by atoms with E-state index in [0.29, 0.717) is 30.6 Å². The fourth-order valence-corrected chi connectivity index (χ4v) is 2.39. The predicted molar refractivity (Wildman–Crippen MR) is 70.8 cm³/mol. The van der Waals surface area contributed by atoms with Crippen molar-refractivity contribution in [3.05, 3.63) is 35.9 Å². The molecule has 0 bridgehead atoms. The third-order valence-corrected chi connectivity index (χ3v) is 3.51. The predicted octanol–water partition coefficient (Wildman–Crippen LogP) is 1.41. The molecule has 1 aliphatic heterocycles. The van der Waals surface area contributed by atoms with Crippen molar-refractivity contribution < 1.29 is 8.91 Å². The van der Waals surface area contributed by atoms with Crippen LogP contribution in [0.2, 0.25) is 0 Å². The summed E-state index contributed by atoms with van der Waals surface area (Å²) in [5.41, 5.74) is 0. The molecule has 0 N–H and O–H groups in total. The average molecular weight is 277 g/mol. The zero-order chi connectivity index (χ0) is 14.1. The summed E-state index contributed by atoms with van der Waals surface area (Å²) in [5, 5.41) is 3.82. The molecule has 1 saturated heterocycles. The fraction of sp³-hybridized carbons (Fsp3) is 0.462. The van der Waals surface area contributed by atoms with E-state index in [0.717, 1.165) is 6.54 Å². The zero-order valence-corrected chi connectivity index (χ0v) is 11.5. The average Bonchev–Trinajstić information content (AvgIpc) is 2.87. The Balaban J connectivity index is 1.85. The fourth-order valence-electron chi connectivity index (χ4n) is 2.39. The van der Waals surface area contributed by atoms with Crippen molar-refractivity contribution in [2.24, 2.45) is 0 Å². The second-order valence-electron chi connectivity index (χ2n) is 4.93. The van der Waals surface area contributed by atoms with Crippen molar-refractivity contribution in [1.29, 1.82) is 0 Å². The molecule has 6 nitrogen and oxygen atoms in total. The van der Waals surface area contributed by atoms with Crippen molar-refractivity contribution in [1.82, 2.24) is 20.0 Å². The van der Waals surface area contributed by atoms with Crippen LogP contribution in [-0.4, -0.2) is 46.7 Å². The second kappa shape index (κ2) is 5.16. The topological polar surface area (TPSA) is 58.3 Å². The first kappa shape index (κ1) is 13.0. The molecule has 2 aromatic rings. The maximum Gasteiger partial charge on any atom is 0.245 e. The highest BCUT2D eigenvalue weighted by atomic mass is 19.1. The lowest BCUT2D eigenvalue weighted by molar-refractivity contribution is 0.177. The van der Waals surface area contributed by atoms with E-state index in [2.05, 4.69) is 20.0 Å². The van der Waals surface area contributed by atoms with Crippen molar-refractivity contribution >= 4 is 5.82 Å². The van der Waals surface area contributed by atoms with Crippen molar-refractivity contribution in [3.8, 4) is 0 Å². The van der Waals surface area contributed by atoms with E-state index in [1.54, 1.807) is 19.2 Å². The molecular weight excluding hydrogens is 261 g/mol. The number of halogens is 1. The number of aromatic nitrogens is 3. The lowest BCUT2D eigenvalue weighted by Crippen LogP contribution is -2.47. The van der Waals surface area contributed by atoms with E-state index in [-0.39, 0.29) is 11.9 Å². The van der Waals surface area contributed by atoms with Crippen LogP contribution in [0, 0.1) is 12.7 Å². The third kappa shape index (κ3) is 2.36. The molecule has 0 saturated carbocycles. The number of nitrogens with zero attached hydrogens (tertiary/aromatic N) is 5. The standard InChI is InChI=1S/C13H16FN5O/c1-9-16-13(20-17-9)11-8-19(7-6-18(11)2)12-10(14)4-3-5-15-12/h3-5,11H,6-8H2,1-2H3/t11-/m1/s1. The Morgan fingerprint density at radius 1 is 1.40 bits per heavy atom. The maximum atomic E-state index is 13.8. The molecule has 0 radical (unpaired) electrons. The Morgan fingerprint density at radius 3 is 2.95 bits per heavy atom. The Kier molecular flexibility index (Phi) is 3.35. The van der Waals surface area contributed by atoms with Gasteiger partial charge in [-0.3, -0.25) is 4.90 Å². The van der Waals surface area contributed by atoms with Gasteiger partial charge in [0.15, 0.2) is 17.5 Å². The quantitative estimate of drug-likeness (QED) is 0.827. The normalized spacial score (nSPS) is 20.4. The summed E-state index contributed by atoms with van der Waals surface area (Å²) in [6, 6.07) is 2.96. The molecule has 0 aromatic carbocycles. The van der Waals surface area contributed by atoms with Gasteiger partial charge in [-0.1, -0.05) is 5.16 Å². The minimum Gasteiger partial charge on any atom is -0.351 e. The summed E-state index contributed by atoms with van der Waals surface area (Å²) in [7, 11) is 2.00. The molecule has 3 rings (SSSR count). The molecule has 0 aliphatic carbocycles. The van der Waals surface area contributed by atoms with E-state index in [4.69, 9.17) is 4.52 Å². The highest BCUT2D eigenvalue weighted by Gasteiger charge is 2.31. The largest absolute Gasteiger partial charge is 0.351 e.